The van der Waals surface area contributed by atoms with Crippen molar-refractivity contribution in [2.75, 3.05) is 13.1 Å². The van der Waals surface area contributed by atoms with Crippen LogP contribution in [0, 0.1) is 0 Å². The summed E-state index contributed by atoms with van der Waals surface area (Å²) in [5, 5.41) is 3.68. The lowest BCUT2D eigenvalue weighted by Gasteiger charge is -2.24. The van der Waals surface area contributed by atoms with E-state index in [9.17, 15) is 4.79 Å². The van der Waals surface area contributed by atoms with E-state index < -0.39 is 0 Å². The van der Waals surface area contributed by atoms with Crippen LogP contribution in [0.2, 0.25) is 5.02 Å². The van der Waals surface area contributed by atoms with E-state index in [2.05, 4.69) is 58.9 Å². The van der Waals surface area contributed by atoms with Crippen LogP contribution in [0.25, 0.3) is 0 Å². The maximum atomic E-state index is 13.1. The molecule has 1 aliphatic carbocycles. The molecule has 7 heteroatoms. The average Bonchev–Trinajstić information content (AvgIpc) is 3.56. The normalized spacial score (nSPS) is 19.2. The Labute approximate surface area is 223 Å². The summed E-state index contributed by atoms with van der Waals surface area (Å²) in [5.74, 6) is 0.935. The Bertz CT molecular complexity index is 1280. The lowest BCUT2D eigenvalue weighted by atomic mass is 9.85. The van der Waals surface area contributed by atoms with E-state index in [1.807, 2.05) is 39.9 Å². The first kappa shape index (κ1) is 25.0. The van der Waals surface area contributed by atoms with Crippen LogP contribution in [0.1, 0.15) is 48.8 Å². The second-order valence-electron chi connectivity index (χ2n) is 9.40. The predicted octanol–water partition coefficient (Wildman–Crippen LogP) is 6.54. The molecule has 1 N–H and O–H groups in total. The molecule has 37 heavy (non-hydrogen) atoms. The lowest BCUT2D eigenvalue weighted by molar-refractivity contribution is 0.204. The minimum absolute atomic E-state index is 0.133. The Morgan fingerprint density at radius 1 is 1.08 bits per heavy atom. The van der Waals surface area contributed by atoms with Gasteiger partial charge < -0.3 is 9.47 Å². The van der Waals surface area contributed by atoms with E-state index in [0.29, 0.717) is 23.9 Å². The molecular formula is C30H32ClN5O. The Kier molecular flexibility index (Phi) is 8.16. The number of carbonyl (C=O) groups excluding carboxylic acids is 1. The standard InChI is InChI=1S/C30H32ClN5O/c31-27-15-8-7-14-26(27)28-29(34-30(37)36(28)20-9-19-35-21-18-32-22-35)33-17-16-25(23-10-3-1-4-11-23)24-12-5-2-6-13-24/h1,3-5,7-8,10-15,18,21-22,25,28H,2,6,9,16-17,19-20H2,(H,33,34,37). The van der Waals surface area contributed by atoms with Gasteiger partial charge in [-0.25, -0.2) is 9.78 Å². The number of halogens is 1. The minimum Gasteiger partial charge on any atom is -0.337 e. The Balaban J connectivity index is 1.36. The lowest BCUT2D eigenvalue weighted by Crippen LogP contribution is -2.31. The van der Waals surface area contributed by atoms with Crippen LogP contribution in [0.3, 0.4) is 0 Å². The smallest absolute Gasteiger partial charge is 0.323 e. The number of hydrogen-bond acceptors (Lipinski definition) is 3. The third-order valence-electron chi connectivity index (χ3n) is 6.97. The summed E-state index contributed by atoms with van der Waals surface area (Å²) in [4.78, 5) is 24.0. The maximum absolute atomic E-state index is 13.1. The number of aromatic nitrogens is 2. The van der Waals surface area contributed by atoms with Crippen LogP contribution in [-0.2, 0) is 6.54 Å². The van der Waals surface area contributed by atoms with Gasteiger partial charge in [0, 0.05) is 48.5 Å². The van der Waals surface area contributed by atoms with Crippen LogP contribution >= 0.6 is 11.6 Å². The van der Waals surface area contributed by atoms with Gasteiger partial charge in [-0.1, -0.05) is 78.4 Å². The number of benzene rings is 2. The fourth-order valence-corrected chi connectivity index (χ4v) is 5.38. The van der Waals surface area contributed by atoms with Gasteiger partial charge in [0.2, 0.25) is 0 Å². The number of allylic oxidation sites excluding steroid dienone is 4. The SMILES string of the molecule is O=C1NC(=NCCC(C2=CCCC=C2)c2ccccc2)C(c2ccccc2Cl)N1CCCn1ccnc1. The molecule has 0 saturated carbocycles. The number of nitrogens with zero attached hydrogens (tertiary/aromatic N) is 4. The molecular weight excluding hydrogens is 482 g/mol. The van der Waals surface area contributed by atoms with Crippen LogP contribution in [0.4, 0.5) is 4.79 Å². The van der Waals surface area contributed by atoms with Gasteiger partial charge in [0.25, 0.3) is 0 Å². The van der Waals surface area contributed by atoms with Crippen molar-refractivity contribution < 1.29 is 4.79 Å². The molecule has 190 valence electrons. The van der Waals surface area contributed by atoms with Crippen molar-refractivity contribution in [2.45, 2.75) is 44.2 Å². The van der Waals surface area contributed by atoms with Crippen molar-refractivity contribution >= 4 is 23.5 Å². The highest BCUT2D eigenvalue weighted by Crippen LogP contribution is 2.34. The third kappa shape index (κ3) is 6.03. The summed E-state index contributed by atoms with van der Waals surface area (Å²) in [6, 6.07) is 17.9. The average molecular weight is 514 g/mol. The first-order valence-corrected chi connectivity index (χ1v) is 13.3. The molecule has 2 unspecified atom stereocenters. The van der Waals surface area contributed by atoms with Crippen molar-refractivity contribution in [1.29, 1.82) is 0 Å². The molecule has 3 aromatic rings. The zero-order chi connectivity index (χ0) is 25.5. The first-order valence-electron chi connectivity index (χ1n) is 12.9. The van der Waals surface area contributed by atoms with Crippen molar-refractivity contribution in [3.63, 3.8) is 0 Å². The summed E-state index contributed by atoms with van der Waals surface area (Å²) in [6.07, 6.45) is 16.2. The van der Waals surface area contributed by atoms with E-state index in [-0.39, 0.29) is 18.0 Å². The molecule has 0 radical (unpaired) electrons. The number of aryl methyl sites for hydroxylation is 1. The van der Waals surface area contributed by atoms with Gasteiger partial charge in [0.15, 0.2) is 0 Å². The van der Waals surface area contributed by atoms with Gasteiger partial charge in [-0.15, -0.1) is 0 Å². The molecule has 1 aromatic heterocycles. The molecule has 2 aromatic carbocycles. The molecule has 6 nitrogen and oxygen atoms in total. The molecule has 5 rings (SSSR count). The minimum atomic E-state index is -0.326. The fraction of sp³-hybridized carbons (Fsp3) is 0.300. The zero-order valence-electron chi connectivity index (χ0n) is 20.8. The molecule has 0 spiro atoms. The number of amidine groups is 1. The number of rotatable bonds is 10. The van der Waals surface area contributed by atoms with E-state index in [0.717, 1.165) is 37.8 Å². The molecule has 1 aliphatic heterocycles. The quantitative estimate of drug-likeness (QED) is 0.334. The van der Waals surface area contributed by atoms with Gasteiger partial charge in [-0.2, -0.15) is 0 Å². The Morgan fingerprint density at radius 2 is 1.92 bits per heavy atom. The third-order valence-corrected chi connectivity index (χ3v) is 7.31. The number of urea groups is 1. The van der Waals surface area contributed by atoms with E-state index in [1.54, 1.807) is 12.5 Å². The zero-order valence-corrected chi connectivity index (χ0v) is 21.6. The Morgan fingerprint density at radius 3 is 2.68 bits per heavy atom. The Hall–Kier alpha value is -3.64. The summed E-state index contributed by atoms with van der Waals surface area (Å²) in [6.45, 7) is 1.97. The largest absolute Gasteiger partial charge is 0.337 e. The number of aliphatic imine (C=N–C) groups is 1. The highest BCUT2D eigenvalue weighted by Gasteiger charge is 2.38. The second kappa shape index (κ2) is 12.1. The summed E-state index contributed by atoms with van der Waals surface area (Å²) in [5.41, 5.74) is 3.53. The molecule has 0 bridgehead atoms. The molecule has 1 fully saturated rings. The van der Waals surface area contributed by atoms with Crippen LogP contribution in [-0.4, -0.2) is 39.4 Å². The van der Waals surface area contributed by atoms with E-state index in [4.69, 9.17) is 16.6 Å². The number of imidazole rings is 1. The molecule has 2 heterocycles. The van der Waals surface area contributed by atoms with Crippen molar-refractivity contribution in [3.05, 3.63) is 113 Å². The highest BCUT2D eigenvalue weighted by molar-refractivity contribution is 6.31. The molecule has 2 aliphatic rings. The monoisotopic (exact) mass is 513 g/mol. The van der Waals surface area contributed by atoms with Crippen LogP contribution in [0.5, 0.6) is 0 Å². The second-order valence-corrected chi connectivity index (χ2v) is 9.81. The molecule has 2 amide bonds. The number of nitrogens with one attached hydrogen (secondary N) is 1. The molecule has 2 atom stereocenters. The van der Waals surface area contributed by atoms with Gasteiger partial charge >= 0.3 is 6.03 Å². The van der Waals surface area contributed by atoms with Crippen molar-refractivity contribution in [2.24, 2.45) is 4.99 Å². The van der Waals surface area contributed by atoms with Crippen molar-refractivity contribution in [1.82, 2.24) is 19.8 Å². The number of amides is 2. The van der Waals surface area contributed by atoms with Gasteiger partial charge in [-0.3, -0.25) is 10.3 Å². The first-order chi connectivity index (χ1) is 18.2. The van der Waals surface area contributed by atoms with Crippen LogP contribution < -0.4 is 5.32 Å². The predicted molar refractivity (Wildman–Crippen MR) is 149 cm³/mol. The number of carbonyl (C=O) groups is 1. The molecule has 1 saturated heterocycles. The van der Waals surface area contributed by atoms with Crippen molar-refractivity contribution in [3.8, 4) is 0 Å². The number of hydrogen-bond donors (Lipinski definition) is 1. The van der Waals surface area contributed by atoms with Gasteiger partial charge in [-0.05, 0) is 42.9 Å². The van der Waals surface area contributed by atoms with Gasteiger partial charge in [0.05, 0.1) is 6.33 Å². The summed E-state index contributed by atoms with van der Waals surface area (Å²) in [7, 11) is 0. The van der Waals surface area contributed by atoms with Gasteiger partial charge in [0.1, 0.15) is 11.9 Å². The summed E-state index contributed by atoms with van der Waals surface area (Å²) >= 11 is 6.62. The van der Waals surface area contributed by atoms with E-state index >= 15 is 0 Å². The fourth-order valence-electron chi connectivity index (χ4n) is 5.14. The van der Waals surface area contributed by atoms with Crippen LogP contribution in [0.15, 0.2) is 102 Å². The van der Waals surface area contributed by atoms with E-state index in [1.165, 1.54) is 11.1 Å². The maximum Gasteiger partial charge on any atom is 0.323 e. The highest BCUT2D eigenvalue weighted by atomic mass is 35.5. The summed E-state index contributed by atoms with van der Waals surface area (Å²) < 4.78 is 2.02. The topological polar surface area (TPSA) is 62.5 Å².